The van der Waals surface area contributed by atoms with Gasteiger partial charge in [-0.3, -0.25) is 4.79 Å². The fourth-order valence-corrected chi connectivity index (χ4v) is 2.62. The molecule has 3 rings (SSSR count). The lowest BCUT2D eigenvalue weighted by Crippen LogP contribution is -2.37. The molecule has 0 heterocycles. The van der Waals surface area contributed by atoms with Gasteiger partial charge in [-0.25, -0.2) is 0 Å². The molecule has 0 aromatic heterocycles. The van der Waals surface area contributed by atoms with Crippen LogP contribution in [0.1, 0.15) is 31.4 Å². The summed E-state index contributed by atoms with van der Waals surface area (Å²) in [7, 11) is 0. The Morgan fingerprint density at radius 3 is 2.52 bits per heavy atom. The zero-order valence-electron chi connectivity index (χ0n) is 13.0. The third kappa shape index (κ3) is 3.66. The minimum atomic E-state index is -0.689. The molecule has 1 aliphatic rings. The first-order valence-corrected chi connectivity index (χ1v) is 8.07. The second-order valence-electron chi connectivity index (χ2n) is 6.08. The van der Waals surface area contributed by atoms with Gasteiger partial charge in [0.25, 0.3) is 0 Å². The molecule has 5 heteroatoms. The molecule has 1 amide bonds. The van der Waals surface area contributed by atoms with E-state index >= 15 is 0 Å². The number of carbonyl (C=O) groups excluding carboxylic acids is 1. The normalized spacial score (nSPS) is 16.5. The Hall–Kier alpha value is -2.04. The third-order valence-corrected chi connectivity index (χ3v) is 4.45. The lowest BCUT2D eigenvalue weighted by atomic mass is 10.1. The van der Waals surface area contributed by atoms with Gasteiger partial charge in [0.1, 0.15) is 0 Å². The number of anilines is 2. The summed E-state index contributed by atoms with van der Waals surface area (Å²) in [6, 6.07) is 15.7. The molecular weight excluding hydrogens is 310 g/mol. The highest BCUT2D eigenvalue weighted by Gasteiger charge is 2.45. The van der Waals surface area contributed by atoms with E-state index in [1.165, 1.54) is 5.56 Å². The summed E-state index contributed by atoms with van der Waals surface area (Å²) in [4.78, 5) is 12.0. The number of hydrogen-bond donors (Lipinski definition) is 3. The van der Waals surface area contributed by atoms with Gasteiger partial charge in [-0.1, -0.05) is 41.9 Å². The molecule has 2 aromatic rings. The summed E-state index contributed by atoms with van der Waals surface area (Å²) in [5.41, 5.74) is 7.86. The highest BCUT2D eigenvalue weighted by Crippen LogP contribution is 2.34. The second-order valence-corrected chi connectivity index (χ2v) is 6.49. The van der Waals surface area contributed by atoms with Gasteiger partial charge in [0.15, 0.2) is 0 Å². The largest absolute Gasteiger partial charge is 0.377 e. The van der Waals surface area contributed by atoms with Gasteiger partial charge >= 0.3 is 0 Å². The molecule has 120 valence electrons. The first kappa shape index (κ1) is 15.8. The van der Waals surface area contributed by atoms with Crippen LogP contribution >= 0.6 is 11.6 Å². The summed E-state index contributed by atoms with van der Waals surface area (Å²) in [6.07, 6.45) is 1.47. The van der Waals surface area contributed by atoms with Crippen molar-refractivity contribution in [2.45, 2.75) is 31.3 Å². The maximum atomic E-state index is 12.0. The van der Waals surface area contributed by atoms with Crippen LogP contribution in [-0.4, -0.2) is 11.4 Å². The van der Waals surface area contributed by atoms with Crippen LogP contribution in [0.2, 0.25) is 5.02 Å². The van der Waals surface area contributed by atoms with Gasteiger partial charge in [0.2, 0.25) is 5.91 Å². The van der Waals surface area contributed by atoms with E-state index in [-0.39, 0.29) is 11.9 Å². The van der Waals surface area contributed by atoms with Crippen molar-refractivity contribution in [3.8, 4) is 0 Å². The Balaban J connectivity index is 1.68. The van der Waals surface area contributed by atoms with Crippen molar-refractivity contribution in [3.63, 3.8) is 0 Å². The Morgan fingerprint density at radius 1 is 1.22 bits per heavy atom. The van der Waals surface area contributed by atoms with E-state index in [2.05, 4.69) is 29.7 Å². The predicted molar refractivity (Wildman–Crippen MR) is 94.7 cm³/mol. The van der Waals surface area contributed by atoms with Gasteiger partial charge in [0.05, 0.1) is 16.2 Å². The van der Waals surface area contributed by atoms with Gasteiger partial charge < -0.3 is 16.4 Å². The number of nitrogens with two attached hydrogens (primary N) is 1. The number of amides is 1. The van der Waals surface area contributed by atoms with Crippen LogP contribution in [0.5, 0.6) is 0 Å². The minimum absolute atomic E-state index is 0.132. The Morgan fingerprint density at radius 2 is 1.91 bits per heavy atom. The highest BCUT2D eigenvalue weighted by atomic mass is 35.5. The maximum absolute atomic E-state index is 12.0. The number of hydrogen-bond acceptors (Lipinski definition) is 3. The average Bonchev–Trinajstić information content (AvgIpc) is 3.30. The van der Waals surface area contributed by atoms with Crippen LogP contribution in [-0.2, 0) is 4.79 Å². The van der Waals surface area contributed by atoms with Crippen molar-refractivity contribution in [1.29, 1.82) is 0 Å². The number of carbonyl (C=O) groups is 1. The minimum Gasteiger partial charge on any atom is -0.377 e. The van der Waals surface area contributed by atoms with Crippen molar-refractivity contribution >= 4 is 28.9 Å². The molecule has 0 radical (unpaired) electrons. The molecule has 1 atom stereocenters. The monoisotopic (exact) mass is 329 g/mol. The predicted octanol–water partition coefficient (Wildman–Crippen LogP) is 3.94. The summed E-state index contributed by atoms with van der Waals surface area (Å²) in [6.45, 7) is 2.08. The Bertz CT molecular complexity index is 713. The van der Waals surface area contributed by atoms with Crippen LogP contribution in [0.3, 0.4) is 0 Å². The first-order chi connectivity index (χ1) is 11.0. The molecule has 4 nitrogen and oxygen atoms in total. The van der Waals surface area contributed by atoms with Crippen molar-refractivity contribution < 1.29 is 4.79 Å². The molecule has 1 unspecified atom stereocenters. The van der Waals surface area contributed by atoms with Gasteiger partial charge in [0, 0.05) is 11.7 Å². The van der Waals surface area contributed by atoms with Gasteiger partial charge in [-0.05, 0) is 43.5 Å². The SMILES string of the molecule is CC(Nc1ccc(NC(=O)C2(N)CC2)cc1Cl)c1ccccc1. The first-order valence-electron chi connectivity index (χ1n) is 7.69. The Kier molecular flexibility index (Phi) is 4.28. The lowest BCUT2D eigenvalue weighted by Gasteiger charge is -2.18. The number of benzene rings is 2. The molecule has 1 fully saturated rings. The zero-order chi connectivity index (χ0) is 16.4. The molecule has 0 spiro atoms. The van der Waals surface area contributed by atoms with Crippen LogP contribution in [0.15, 0.2) is 48.5 Å². The third-order valence-electron chi connectivity index (χ3n) is 4.14. The number of rotatable bonds is 5. The van der Waals surface area contributed by atoms with E-state index in [1.807, 2.05) is 30.3 Å². The van der Waals surface area contributed by atoms with Crippen molar-refractivity contribution in [3.05, 3.63) is 59.1 Å². The van der Waals surface area contributed by atoms with Crippen LogP contribution in [0.25, 0.3) is 0 Å². The van der Waals surface area contributed by atoms with Crippen LogP contribution < -0.4 is 16.4 Å². The fraction of sp³-hybridized carbons (Fsp3) is 0.278. The average molecular weight is 330 g/mol. The zero-order valence-corrected chi connectivity index (χ0v) is 13.7. The lowest BCUT2D eigenvalue weighted by molar-refractivity contribution is -0.118. The van der Waals surface area contributed by atoms with E-state index in [1.54, 1.807) is 6.07 Å². The van der Waals surface area contributed by atoms with Crippen molar-refractivity contribution in [1.82, 2.24) is 0 Å². The topological polar surface area (TPSA) is 67.1 Å². The second kappa shape index (κ2) is 6.22. The molecule has 0 bridgehead atoms. The molecular formula is C18H20ClN3O. The molecule has 4 N–H and O–H groups in total. The van der Waals surface area contributed by atoms with Gasteiger partial charge in [-0.15, -0.1) is 0 Å². The van der Waals surface area contributed by atoms with Gasteiger partial charge in [-0.2, -0.15) is 0 Å². The van der Waals surface area contributed by atoms with Crippen molar-refractivity contribution in [2.75, 3.05) is 10.6 Å². The highest BCUT2D eigenvalue weighted by molar-refractivity contribution is 6.33. The van der Waals surface area contributed by atoms with E-state index < -0.39 is 5.54 Å². The Labute approximate surface area is 141 Å². The van der Waals surface area contributed by atoms with E-state index in [4.69, 9.17) is 17.3 Å². The smallest absolute Gasteiger partial charge is 0.244 e. The molecule has 2 aromatic carbocycles. The van der Waals surface area contributed by atoms with E-state index in [9.17, 15) is 4.79 Å². The molecule has 0 saturated heterocycles. The number of halogens is 1. The molecule has 23 heavy (non-hydrogen) atoms. The van der Waals surface area contributed by atoms with E-state index in [0.29, 0.717) is 10.7 Å². The van der Waals surface area contributed by atoms with Crippen LogP contribution in [0.4, 0.5) is 11.4 Å². The van der Waals surface area contributed by atoms with Crippen molar-refractivity contribution in [2.24, 2.45) is 5.73 Å². The fourth-order valence-electron chi connectivity index (χ4n) is 2.39. The standard InChI is InChI=1S/C18H20ClN3O/c1-12(13-5-3-2-4-6-13)21-16-8-7-14(11-15(16)19)22-17(23)18(20)9-10-18/h2-8,11-12,21H,9-10,20H2,1H3,(H,22,23). The molecule has 1 aliphatic carbocycles. The quantitative estimate of drug-likeness (QED) is 0.778. The van der Waals surface area contributed by atoms with Crippen LogP contribution in [0, 0.1) is 0 Å². The summed E-state index contributed by atoms with van der Waals surface area (Å²) < 4.78 is 0. The summed E-state index contributed by atoms with van der Waals surface area (Å²) in [5.74, 6) is -0.146. The maximum Gasteiger partial charge on any atom is 0.244 e. The number of nitrogens with one attached hydrogen (secondary N) is 2. The molecule has 0 aliphatic heterocycles. The molecule has 1 saturated carbocycles. The summed E-state index contributed by atoms with van der Waals surface area (Å²) in [5, 5.41) is 6.76. The van der Waals surface area contributed by atoms with E-state index in [0.717, 1.165) is 18.5 Å². The summed E-state index contributed by atoms with van der Waals surface area (Å²) >= 11 is 6.33.